The monoisotopic (exact) mass is 317 g/mol. The molecule has 1 N–H and O–H groups in total. The summed E-state index contributed by atoms with van der Waals surface area (Å²) in [4.78, 5) is 0. The van der Waals surface area contributed by atoms with Gasteiger partial charge in [0.25, 0.3) is 0 Å². The Bertz CT molecular complexity index is 433. The second kappa shape index (κ2) is 5.89. The number of hydrogen-bond acceptors (Lipinski definition) is 3. The first-order chi connectivity index (χ1) is 8.69. The first kappa shape index (κ1) is 13.6. The van der Waals surface area contributed by atoms with E-state index >= 15 is 0 Å². The van der Waals surface area contributed by atoms with Crippen LogP contribution in [-0.2, 0) is 0 Å². The molecule has 1 saturated heterocycles. The summed E-state index contributed by atoms with van der Waals surface area (Å²) in [5.41, 5.74) is 0.703. The van der Waals surface area contributed by atoms with Crippen LogP contribution in [0.2, 0.25) is 0 Å². The molecule has 1 aromatic rings. The third kappa shape index (κ3) is 2.47. The van der Waals surface area contributed by atoms with E-state index in [2.05, 4.69) is 21.2 Å². The van der Waals surface area contributed by atoms with Crippen LogP contribution in [0.25, 0.3) is 0 Å². The van der Waals surface area contributed by atoms with Crippen molar-refractivity contribution in [1.82, 2.24) is 5.32 Å². The van der Waals surface area contributed by atoms with Crippen molar-refractivity contribution in [3.05, 3.63) is 21.9 Å². The third-order valence-corrected chi connectivity index (χ3v) is 4.13. The molecule has 0 aromatic heterocycles. The van der Waals surface area contributed by atoms with Crippen LogP contribution in [0.15, 0.2) is 10.5 Å². The zero-order valence-corrected chi connectivity index (χ0v) is 12.1. The SMILES string of the molecule is COc1cc(F)c(C2CCNCC2)c(Br)c1OC. The molecule has 0 bridgehead atoms. The second-order valence-electron chi connectivity index (χ2n) is 4.35. The predicted molar refractivity (Wildman–Crippen MR) is 72.0 cm³/mol. The van der Waals surface area contributed by atoms with Gasteiger partial charge in [0, 0.05) is 11.6 Å². The molecule has 1 aliphatic heterocycles. The number of methoxy groups -OCH3 is 2. The molecule has 1 aromatic carbocycles. The van der Waals surface area contributed by atoms with Crippen LogP contribution in [0.4, 0.5) is 4.39 Å². The number of rotatable bonds is 3. The van der Waals surface area contributed by atoms with E-state index in [-0.39, 0.29) is 11.7 Å². The number of nitrogens with one attached hydrogen (secondary N) is 1. The summed E-state index contributed by atoms with van der Waals surface area (Å²) in [6, 6.07) is 1.40. The van der Waals surface area contributed by atoms with Crippen molar-refractivity contribution < 1.29 is 13.9 Å². The number of hydrogen-bond donors (Lipinski definition) is 1. The molecule has 1 fully saturated rings. The van der Waals surface area contributed by atoms with E-state index in [4.69, 9.17) is 9.47 Å². The van der Waals surface area contributed by atoms with Gasteiger partial charge in [-0.25, -0.2) is 4.39 Å². The molecule has 0 atom stereocenters. The zero-order valence-electron chi connectivity index (χ0n) is 10.6. The summed E-state index contributed by atoms with van der Waals surface area (Å²) < 4.78 is 25.3. The molecule has 0 unspecified atom stereocenters. The van der Waals surface area contributed by atoms with E-state index in [0.717, 1.165) is 25.9 Å². The Hall–Kier alpha value is -0.810. The molecule has 2 rings (SSSR count). The lowest BCUT2D eigenvalue weighted by atomic mass is 9.89. The van der Waals surface area contributed by atoms with Crippen LogP contribution < -0.4 is 14.8 Å². The highest BCUT2D eigenvalue weighted by Gasteiger charge is 2.25. The fourth-order valence-electron chi connectivity index (χ4n) is 2.42. The maximum absolute atomic E-state index is 14.2. The van der Waals surface area contributed by atoms with Crippen LogP contribution >= 0.6 is 15.9 Å². The van der Waals surface area contributed by atoms with Gasteiger partial charge in [-0.1, -0.05) is 0 Å². The Kier molecular flexibility index (Phi) is 4.45. The van der Waals surface area contributed by atoms with E-state index < -0.39 is 0 Å². The van der Waals surface area contributed by atoms with Crippen molar-refractivity contribution in [3.8, 4) is 11.5 Å². The minimum atomic E-state index is -0.230. The Morgan fingerprint density at radius 2 is 1.94 bits per heavy atom. The number of piperidine rings is 1. The van der Waals surface area contributed by atoms with E-state index in [9.17, 15) is 4.39 Å². The smallest absolute Gasteiger partial charge is 0.175 e. The molecule has 1 heterocycles. The van der Waals surface area contributed by atoms with Crippen molar-refractivity contribution in [3.63, 3.8) is 0 Å². The van der Waals surface area contributed by atoms with E-state index in [1.807, 2.05) is 0 Å². The van der Waals surface area contributed by atoms with Gasteiger partial charge >= 0.3 is 0 Å². The average Bonchev–Trinajstić information content (AvgIpc) is 2.39. The molecular formula is C13H17BrFNO2. The first-order valence-electron chi connectivity index (χ1n) is 5.99. The van der Waals surface area contributed by atoms with Crippen molar-refractivity contribution >= 4 is 15.9 Å². The quantitative estimate of drug-likeness (QED) is 0.929. The Balaban J connectivity index is 2.46. The first-order valence-corrected chi connectivity index (χ1v) is 6.79. The lowest BCUT2D eigenvalue weighted by molar-refractivity contribution is 0.347. The molecule has 0 amide bonds. The molecule has 0 aliphatic carbocycles. The third-order valence-electron chi connectivity index (χ3n) is 3.35. The highest BCUT2D eigenvalue weighted by Crippen LogP contribution is 2.43. The van der Waals surface area contributed by atoms with Gasteiger partial charge in [-0.3, -0.25) is 0 Å². The summed E-state index contributed by atoms with van der Waals surface area (Å²) in [5.74, 6) is 0.971. The summed E-state index contributed by atoms with van der Waals surface area (Å²) in [5, 5.41) is 3.28. The van der Waals surface area contributed by atoms with Crippen LogP contribution in [0.1, 0.15) is 24.3 Å². The van der Waals surface area contributed by atoms with E-state index in [1.54, 1.807) is 7.11 Å². The lowest BCUT2D eigenvalue weighted by Crippen LogP contribution is -2.27. The predicted octanol–water partition coefficient (Wildman–Crippen LogP) is 3.07. The van der Waals surface area contributed by atoms with Crippen molar-refractivity contribution in [2.24, 2.45) is 0 Å². The summed E-state index contributed by atoms with van der Waals surface area (Å²) in [6.07, 6.45) is 1.87. The van der Waals surface area contributed by atoms with Crippen LogP contribution in [0.3, 0.4) is 0 Å². The fourth-order valence-corrected chi connectivity index (χ4v) is 3.29. The molecule has 18 heavy (non-hydrogen) atoms. The normalized spacial score (nSPS) is 16.7. The standard InChI is InChI=1S/C13H17BrFNO2/c1-17-10-7-9(15)11(12(14)13(10)18-2)8-3-5-16-6-4-8/h7-8,16H,3-6H2,1-2H3. The van der Waals surface area contributed by atoms with Gasteiger partial charge < -0.3 is 14.8 Å². The topological polar surface area (TPSA) is 30.5 Å². The maximum Gasteiger partial charge on any atom is 0.175 e. The summed E-state index contributed by atoms with van der Waals surface area (Å²) >= 11 is 3.45. The minimum absolute atomic E-state index is 0.223. The van der Waals surface area contributed by atoms with Crippen molar-refractivity contribution in [1.29, 1.82) is 0 Å². The van der Waals surface area contributed by atoms with E-state index in [1.165, 1.54) is 13.2 Å². The molecule has 5 heteroatoms. The lowest BCUT2D eigenvalue weighted by Gasteiger charge is -2.25. The highest BCUT2D eigenvalue weighted by atomic mass is 79.9. The number of halogens is 2. The van der Waals surface area contributed by atoms with E-state index in [0.29, 0.717) is 21.5 Å². The van der Waals surface area contributed by atoms with Crippen LogP contribution in [0.5, 0.6) is 11.5 Å². The van der Waals surface area contributed by atoms with Gasteiger partial charge in [-0.15, -0.1) is 0 Å². The molecule has 1 aliphatic rings. The molecule has 0 saturated carbocycles. The van der Waals surface area contributed by atoms with Gasteiger partial charge in [0.05, 0.1) is 18.7 Å². The fraction of sp³-hybridized carbons (Fsp3) is 0.538. The second-order valence-corrected chi connectivity index (χ2v) is 5.14. The van der Waals surface area contributed by atoms with Gasteiger partial charge in [-0.05, 0) is 47.8 Å². The number of ether oxygens (including phenoxy) is 2. The van der Waals surface area contributed by atoms with Crippen molar-refractivity contribution in [2.45, 2.75) is 18.8 Å². The molecule has 0 radical (unpaired) electrons. The van der Waals surface area contributed by atoms with Crippen LogP contribution in [-0.4, -0.2) is 27.3 Å². The van der Waals surface area contributed by atoms with Gasteiger partial charge in [0.15, 0.2) is 11.5 Å². The minimum Gasteiger partial charge on any atom is -0.493 e. The average molecular weight is 318 g/mol. The van der Waals surface area contributed by atoms with Gasteiger partial charge in [-0.2, -0.15) is 0 Å². The zero-order chi connectivity index (χ0) is 13.1. The maximum atomic E-state index is 14.2. The van der Waals surface area contributed by atoms with Crippen molar-refractivity contribution in [2.75, 3.05) is 27.3 Å². The van der Waals surface area contributed by atoms with Crippen LogP contribution in [0, 0.1) is 5.82 Å². The van der Waals surface area contributed by atoms with Gasteiger partial charge in [0.1, 0.15) is 5.82 Å². The number of benzene rings is 1. The summed E-state index contributed by atoms with van der Waals surface area (Å²) in [6.45, 7) is 1.84. The molecule has 100 valence electrons. The summed E-state index contributed by atoms with van der Waals surface area (Å²) in [7, 11) is 3.07. The Labute approximate surface area is 115 Å². The highest BCUT2D eigenvalue weighted by molar-refractivity contribution is 9.10. The molecule has 0 spiro atoms. The Morgan fingerprint density at radius 1 is 1.28 bits per heavy atom. The molecular weight excluding hydrogens is 301 g/mol. The van der Waals surface area contributed by atoms with Gasteiger partial charge in [0.2, 0.25) is 0 Å². The molecule has 3 nitrogen and oxygen atoms in total. The Morgan fingerprint density at radius 3 is 2.50 bits per heavy atom. The largest absolute Gasteiger partial charge is 0.493 e.